The van der Waals surface area contributed by atoms with Gasteiger partial charge in [0, 0.05) is 29.7 Å². The summed E-state index contributed by atoms with van der Waals surface area (Å²) in [6, 6.07) is 5.63. The molecule has 1 atom stereocenters. The van der Waals surface area contributed by atoms with Crippen molar-refractivity contribution in [3.8, 4) is 0 Å². The van der Waals surface area contributed by atoms with Gasteiger partial charge in [0.25, 0.3) is 0 Å². The minimum absolute atomic E-state index is 0.180. The Hall–Kier alpha value is -3.56. The molecule has 1 saturated heterocycles. The number of alkyl carbamates (subject to hydrolysis) is 1. The first-order chi connectivity index (χ1) is 17.2. The van der Waals surface area contributed by atoms with E-state index in [1.807, 2.05) is 0 Å². The highest BCUT2D eigenvalue weighted by Gasteiger charge is 2.29. The minimum atomic E-state index is -1.12. The van der Waals surface area contributed by atoms with E-state index in [1.165, 1.54) is 0 Å². The summed E-state index contributed by atoms with van der Waals surface area (Å²) in [5, 5.41) is 6.02. The lowest BCUT2D eigenvalue weighted by Gasteiger charge is -2.29. The Kier molecular flexibility index (Phi) is 8.50. The SMILES string of the molecule is CC(C)(C)OC(=O)NC(CC(=O)N1CCCCC1)C(=O)Nc1ccc2[nH]c(C(=O)OC(C)(C)C)cc2c1. The Morgan fingerprint density at radius 1 is 0.946 bits per heavy atom. The quantitative estimate of drug-likeness (QED) is 0.491. The zero-order chi connectivity index (χ0) is 27.4. The lowest BCUT2D eigenvalue weighted by atomic mass is 10.1. The van der Waals surface area contributed by atoms with Crippen molar-refractivity contribution < 1.29 is 28.7 Å². The smallest absolute Gasteiger partial charge is 0.408 e. The number of nitrogens with one attached hydrogen (secondary N) is 3. The lowest BCUT2D eigenvalue weighted by Crippen LogP contribution is -2.49. The molecule has 1 aliphatic rings. The molecule has 2 heterocycles. The van der Waals surface area contributed by atoms with Gasteiger partial charge in [0.2, 0.25) is 11.8 Å². The molecular formula is C27H38N4O6. The van der Waals surface area contributed by atoms with E-state index in [-0.39, 0.29) is 12.3 Å². The fourth-order valence-corrected chi connectivity index (χ4v) is 3.99. The van der Waals surface area contributed by atoms with E-state index in [0.29, 0.717) is 35.4 Å². The molecule has 0 bridgehead atoms. The average molecular weight is 515 g/mol. The van der Waals surface area contributed by atoms with Crippen LogP contribution < -0.4 is 10.6 Å². The van der Waals surface area contributed by atoms with Crippen molar-refractivity contribution >= 4 is 40.5 Å². The fourth-order valence-electron chi connectivity index (χ4n) is 3.99. The maximum absolute atomic E-state index is 13.2. The molecule has 1 aliphatic heterocycles. The number of nitrogens with zero attached hydrogens (tertiary/aromatic N) is 1. The van der Waals surface area contributed by atoms with E-state index in [4.69, 9.17) is 9.47 Å². The molecule has 3 rings (SSSR count). The maximum atomic E-state index is 13.2. The summed E-state index contributed by atoms with van der Waals surface area (Å²) < 4.78 is 10.7. The second-order valence-electron chi connectivity index (χ2n) is 11.3. The van der Waals surface area contributed by atoms with Gasteiger partial charge in [-0.15, -0.1) is 0 Å². The van der Waals surface area contributed by atoms with Crippen molar-refractivity contribution in [3.05, 3.63) is 30.0 Å². The van der Waals surface area contributed by atoms with Crippen LogP contribution in [-0.4, -0.2) is 64.1 Å². The van der Waals surface area contributed by atoms with E-state index in [0.717, 1.165) is 19.3 Å². The number of piperidine rings is 1. The molecule has 202 valence electrons. The number of aromatic nitrogens is 1. The van der Waals surface area contributed by atoms with Crippen molar-refractivity contribution in [2.24, 2.45) is 0 Å². The van der Waals surface area contributed by atoms with Crippen LogP contribution in [0.4, 0.5) is 10.5 Å². The molecule has 2 aromatic rings. The highest BCUT2D eigenvalue weighted by molar-refractivity contribution is 6.01. The largest absolute Gasteiger partial charge is 0.455 e. The Morgan fingerprint density at radius 2 is 1.59 bits per heavy atom. The molecule has 10 nitrogen and oxygen atoms in total. The number of rotatable bonds is 6. The fraction of sp³-hybridized carbons (Fsp3) is 0.556. The zero-order valence-corrected chi connectivity index (χ0v) is 22.5. The summed E-state index contributed by atoms with van der Waals surface area (Å²) in [5.74, 6) is -1.22. The van der Waals surface area contributed by atoms with Gasteiger partial charge in [0.15, 0.2) is 0 Å². The summed E-state index contributed by atoms with van der Waals surface area (Å²) in [7, 11) is 0. The van der Waals surface area contributed by atoms with Crippen LogP contribution >= 0.6 is 0 Å². The zero-order valence-electron chi connectivity index (χ0n) is 22.5. The normalized spacial score (nSPS) is 15.1. The monoisotopic (exact) mass is 514 g/mol. The maximum Gasteiger partial charge on any atom is 0.408 e. The molecule has 37 heavy (non-hydrogen) atoms. The van der Waals surface area contributed by atoms with E-state index in [1.54, 1.807) is 70.7 Å². The van der Waals surface area contributed by atoms with Crippen LogP contribution in [0.15, 0.2) is 24.3 Å². The molecule has 0 aliphatic carbocycles. The molecule has 3 N–H and O–H groups in total. The van der Waals surface area contributed by atoms with Crippen LogP contribution in [0, 0.1) is 0 Å². The minimum Gasteiger partial charge on any atom is -0.455 e. The van der Waals surface area contributed by atoms with Gasteiger partial charge < -0.3 is 30.0 Å². The highest BCUT2D eigenvalue weighted by Crippen LogP contribution is 2.22. The molecule has 0 radical (unpaired) electrons. The first-order valence-corrected chi connectivity index (χ1v) is 12.6. The van der Waals surface area contributed by atoms with Crippen LogP contribution in [0.1, 0.15) is 77.7 Å². The van der Waals surface area contributed by atoms with Gasteiger partial charge in [-0.1, -0.05) is 0 Å². The first kappa shape index (κ1) is 28.0. The van der Waals surface area contributed by atoms with E-state index >= 15 is 0 Å². The van der Waals surface area contributed by atoms with Crippen molar-refractivity contribution in [1.82, 2.24) is 15.2 Å². The second-order valence-corrected chi connectivity index (χ2v) is 11.3. The number of hydrogen-bond donors (Lipinski definition) is 3. The number of H-pyrrole nitrogens is 1. The number of benzene rings is 1. The van der Waals surface area contributed by atoms with Crippen LogP contribution in [0.3, 0.4) is 0 Å². The average Bonchev–Trinajstić information content (AvgIpc) is 3.20. The van der Waals surface area contributed by atoms with Crippen LogP contribution in [-0.2, 0) is 19.1 Å². The number of carbonyl (C=O) groups excluding carboxylic acids is 4. The summed E-state index contributed by atoms with van der Waals surface area (Å²) in [4.78, 5) is 55.7. The summed E-state index contributed by atoms with van der Waals surface area (Å²) in [6.07, 6.45) is 1.96. The van der Waals surface area contributed by atoms with Gasteiger partial charge in [-0.05, 0) is 85.1 Å². The Bertz CT molecular complexity index is 1150. The summed E-state index contributed by atoms with van der Waals surface area (Å²) in [5.41, 5.74) is 0.0591. The molecule has 1 unspecified atom stereocenters. The molecule has 0 spiro atoms. The Balaban J connectivity index is 1.75. The molecule has 0 saturated carbocycles. The number of likely N-dealkylation sites (tertiary alicyclic amines) is 1. The number of hydrogen-bond acceptors (Lipinski definition) is 6. The third-order valence-corrected chi connectivity index (χ3v) is 5.60. The predicted octanol–water partition coefficient (Wildman–Crippen LogP) is 4.36. The molecule has 3 amide bonds. The third kappa shape index (κ3) is 8.51. The van der Waals surface area contributed by atoms with Gasteiger partial charge in [0.1, 0.15) is 22.9 Å². The van der Waals surface area contributed by atoms with Crippen molar-refractivity contribution in [3.63, 3.8) is 0 Å². The van der Waals surface area contributed by atoms with Gasteiger partial charge in [-0.25, -0.2) is 9.59 Å². The molecule has 1 aromatic carbocycles. The molecule has 1 aromatic heterocycles. The van der Waals surface area contributed by atoms with Crippen molar-refractivity contribution in [2.45, 2.75) is 84.5 Å². The molecule has 1 fully saturated rings. The second kappa shape index (κ2) is 11.2. The van der Waals surface area contributed by atoms with Gasteiger partial charge in [0.05, 0.1) is 6.42 Å². The van der Waals surface area contributed by atoms with E-state index < -0.39 is 35.2 Å². The third-order valence-electron chi connectivity index (χ3n) is 5.60. The summed E-state index contributed by atoms with van der Waals surface area (Å²) in [6.45, 7) is 11.8. The number of carbonyl (C=O) groups is 4. The van der Waals surface area contributed by atoms with Crippen molar-refractivity contribution in [1.29, 1.82) is 0 Å². The van der Waals surface area contributed by atoms with Gasteiger partial charge in [-0.3, -0.25) is 9.59 Å². The van der Waals surface area contributed by atoms with Gasteiger partial charge >= 0.3 is 12.1 Å². The number of ether oxygens (including phenoxy) is 2. The topological polar surface area (TPSA) is 130 Å². The number of fused-ring (bicyclic) bond motifs is 1. The first-order valence-electron chi connectivity index (χ1n) is 12.6. The number of aromatic amines is 1. The lowest BCUT2D eigenvalue weighted by molar-refractivity contribution is -0.134. The molecular weight excluding hydrogens is 476 g/mol. The molecule has 10 heteroatoms. The number of amides is 3. The number of anilines is 1. The van der Waals surface area contributed by atoms with Crippen molar-refractivity contribution in [2.75, 3.05) is 18.4 Å². The predicted molar refractivity (Wildman–Crippen MR) is 140 cm³/mol. The Morgan fingerprint density at radius 3 is 2.22 bits per heavy atom. The van der Waals surface area contributed by atoms with Gasteiger partial charge in [-0.2, -0.15) is 0 Å². The van der Waals surface area contributed by atoms with Crippen LogP contribution in [0.5, 0.6) is 0 Å². The van der Waals surface area contributed by atoms with Crippen LogP contribution in [0.2, 0.25) is 0 Å². The van der Waals surface area contributed by atoms with E-state index in [9.17, 15) is 19.2 Å². The number of esters is 1. The summed E-state index contributed by atoms with van der Waals surface area (Å²) >= 11 is 0. The Labute approximate surface area is 217 Å². The standard InChI is InChI=1S/C27H38N4O6/c1-26(2,3)36-24(34)21-15-17-14-18(10-11-19(17)29-21)28-23(33)20(30-25(35)37-27(4,5)6)16-22(32)31-12-8-7-9-13-31/h10-11,14-15,20,29H,7-9,12-13,16H2,1-6H3,(H,28,33)(H,30,35). The van der Waals surface area contributed by atoms with E-state index in [2.05, 4.69) is 15.6 Å². The van der Waals surface area contributed by atoms with Crippen LogP contribution in [0.25, 0.3) is 10.9 Å². The highest BCUT2D eigenvalue weighted by atomic mass is 16.6.